The van der Waals surface area contributed by atoms with Gasteiger partial charge in [0.25, 0.3) is 0 Å². The van der Waals surface area contributed by atoms with Crippen LogP contribution in [0.25, 0.3) is 0 Å². The molecule has 0 radical (unpaired) electrons. The van der Waals surface area contributed by atoms with Crippen LogP contribution < -0.4 is 5.32 Å². The number of hydrogen-bond donors (Lipinski definition) is 1. The molecule has 0 unspecified atom stereocenters. The Morgan fingerprint density at radius 2 is 1.67 bits per heavy atom. The third kappa shape index (κ3) is 4.77. The fraction of sp³-hybridized carbons (Fsp3) is 0.500. The Bertz CT molecular complexity index is 279. The number of nitrogens with one attached hydrogen (secondary N) is 1. The Morgan fingerprint density at radius 1 is 1.00 bits per heavy atom. The van der Waals surface area contributed by atoms with Gasteiger partial charge in [0.15, 0.2) is 0 Å². The molecule has 1 aromatic rings. The minimum atomic E-state index is -0.536. The van der Waals surface area contributed by atoms with Gasteiger partial charge < -0.3 is 5.32 Å². The zero-order chi connectivity index (χ0) is 11.1. The van der Waals surface area contributed by atoms with E-state index in [0.717, 1.165) is 25.5 Å². The van der Waals surface area contributed by atoms with Gasteiger partial charge in [-0.15, -0.1) is 0 Å². The molecule has 0 bridgehead atoms. The fourth-order valence-electron chi connectivity index (χ4n) is 1.44. The van der Waals surface area contributed by atoms with E-state index in [1.165, 1.54) is 25.0 Å². The van der Waals surface area contributed by atoms with E-state index in [2.05, 4.69) is 12.2 Å². The average molecular weight is 213 g/mol. The van der Waals surface area contributed by atoms with Gasteiger partial charge >= 0.3 is 0 Å². The first-order valence-corrected chi connectivity index (χ1v) is 5.42. The first-order chi connectivity index (χ1) is 7.22. The zero-order valence-electron chi connectivity index (χ0n) is 9.02. The number of rotatable bonds is 6. The standard InChI is InChI=1S/C12H17F2N/c1-2-3-4-5-6-15-12-8-10(13)7-11(14)9-12/h7-9,15H,2-6H2,1H3. The lowest BCUT2D eigenvalue weighted by atomic mass is 10.2. The van der Waals surface area contributed by atoms with Gasteiger partial charge in [0.05, 0.1) is 0 Å². The van der Waals surface area contributed by atoms with Crippen LogP contribution in [0.4, 0.5) is 14.5 Å². The van der Waals surface area contributed by atoms with Crippen molar-refractivity contribution >= 4 is 5.69 Å². The predicted molar refractivity (Wildman–Crippen MR) is 59.0 cm³/mol. The molecule has 0 saturated heterocycles. The molecular weight excluding hydrogens is 196 g/mol. The van der Waals surface area contributed by atoms with E-state index in [0.29, 0.717) is 5.69 Å². The molecule has 1 N–H and O–H groups in total. The van der Waals surface area contributed by atoms with Crippen LogP contribution in [0.15, 0.2) is 18.2 Å². The first kappa shape index (κ1) is 12.0. The molecule has 0 aliphatic heterocycles. The monoisotopic (exact) mass is 213 g/mol. The second-order valence-electron chi connectivity index (χ2n) is 3.65. The van der Waals surface area contributed by atoms with E-state index in [1.807, 2.05) is 0 Å². The summed E-state index contributed by atoms with van der Waals surface area (Å²) in [7, 11) is 0. The fourth-order valence-corrected chi connectivity index (χ4v) is 1.44. The van der Waals surface area contributed by atoms with Gasteiger partial charge in [-0.05, 0) is 18.6 Å². The van der Waals surface area contributed by atoms with Crippen LogP contribution in [-0.4, -0.2) is 6.54 Å². The SMILES string of the molecule is CCCCCCNc1cc(F)cc(F)c1. The topological polar surface area (TPSA) is 12.0 Å². The second-order valence-corrected chi connectivity index (χ2v) is 3.65. The van der Waals surface area contributed by atoms with E-state index in [-0.39, 0.29) is 0 Å². The van der Waals surface area contributed by atoms with Crippen LogP contribution in [0.3, 0.4) is 0 Å². The van der Waals surface area contributed by atoms with E-state index >= 15 is 0 Å². The van der Waals surface area contributed by atoms with Crippen molar-refractivity contribution in [3.05, 3.63) is 29.8 Å². The number of hydrogen-bond acceptors (Lipinski definition) is 1. The van der Waals surface area contributed by atoms with Crippen molar-refractivity contribution in [3.63, 3.8) is 0 Å². The average Bonchev–Trinajstić information content (AvgIpc) is 2.16. The number of benzene rings is 1. The molecule has 0 aromatic heterocycles. The highest BCUT2D eigenvalue weighted by atomic mass is 19.1. The Balaban J connectivity index is 2.31. The lowest BCUT2D eigenvalue weighted by molar-refractivity contribution is 0.584. The van der Waals surface area contributed by atoms with Crippen molar-refractivity contribution in [2.24, 2.45) is 0 Å². The second kappa shape index (κ2) is 6.38. The van der Waals surface area contributed by atoms with Crippen LogP contribution in [0.2, 0.25) is 0 Å². The van der Waals surface area contributed by atoms with Crippen molar-refractivity contribution in [3.8, 4) is 0 Å². The largest absolute Gasteiger partial charge is 0.385 e. The highest BCUT2D eigenvalue weighted by Gasteiger charge is 1.99. The van der Waals surface area contributed by atoms with E-state index < -0.39 is 11.6 Å². The normalized spacial score (nSPS) is 10.3. The van der Waals surface area contributed by atoms with Gasteiger partial charge in [-0.2, -0.15) is 0 Å². The summed E-state index contributed by atoms with van der Waals surface area (Å²) in [5.41, 5.74) is 0.518. The molecule has 0 fully saturated rings. The zero-order valence-corrected chi connectivity index (χ0v) is 9.02. The predicted octanol–water partition coefficient (Wildman–Crippen LogP) is 3.96. The summed E-state index contributed by atoms with van der Waals surface area (Å²) in [4.78, 5) is 0. The van der Waals surface area contributed by atoms with Crippen molar-refractivity contribution < 1.29 is 8.78 Å². The quantitative estimate of drug-likeness (QED) is 0.705. The minimum absolute atomic E-state index is 0.518. The Morgan fingerprint density at radius 3 is 2.27 bits per heavy atom. The highest BCUT2D eigenvalue weighted by Crippen LogP contribution is 2.13. The minimum Gasteiger partial charge on any atom is -0.385 e. The number of anilines is 1. The van der Waals surface area contributed by atoms with Crippen molar-refractivity contribution in [2.45, 2.75) is 32.6 Å². The summed E-state index contributed by atoms with van der Waals surface area (Å²) in [5.74, 6) is -1.07. The molecule has 0 heterocycles. The van der Waals surface area contributed by atoms with Crippen LogP contribution >= 0.6 is 0 Å². The van der Waals surface area contributed by atoms with Crippen LogP contribution in [0.1, 0.15) is 32.6 Å². The summed E-state index contributed by atoms with van der Waals surface area (Å²) in [6, 6.07) is 3.49. The summed E-state index contributed by atoms with van der Waals surface area (Å²) in [6.45, 7) is 2.91. The van der Waals surface area contributed by atoms with Crippen molar-refractivity contribution in [2.75, 3.05) is 11.9 Å². The summed E-state index contributed by atoms with van der Waals surface area (Å²) >= 11 is 0. The summed E-state index contributed by atoms with van der Waals surface area (Å²) < 4.78 is 25.6. The number of unbranched alkanes of at least 4 members (excludes halogenated alkanes) is 3. The molecule has 84 valence electrons. The molecule has 1 nitrogen and oxygen atoms in total. The third-order valence-corrected chi connectivity index (χ3v) is 2.22. The van der Waals surface area contributed by atoms with Crippen LogP contribution in [0, 0.1) is 11.6 Å². The number of halogens is 2. The molecule has 0 aliphatic carbocycles. The Hall–Kier alpha value is -1.12. The maximum absolute atomic E-state index is 12.8. The molecule has 0 amide bonds. The van der Waals surface area contributed by atoms with Gasteiger partial charge in [0.2, 0.25) is 0 Å². The smallest absolute Gasteiger partial charge is 0.128 e. The van der Waals surface area contributed by atoms with Gasteiger partial charge in [0, 0.05) is 18.3 Å². The van der Waals surface area contributed by atoms with E-state index in [4.69, 9.17) is 0 Å². The first-order valence-electron chi connectivity index (χ1n) is 5.42. The van der Waals surface area contributed by atoms with Crippen LogP contribution in [-0.2, 0) is 0 Å². The lowest BCUT2D eigenvalue weighted by Crippen LogP contribution is -2.02. The maximum atomic E-state index is 12.8. The molecule has 0 atom stereocenters. The van der Waals surface area contributed by atoms with Gasteiger partial charge in [-0.25, -0.2) is 8.78 Å². The molecule has 0 saturated carbocycles. The molecule has 1 rings (SSSR count). The van der Waals surface area contributed by atoms with Gasteiger partial charge in [-0.1, -0.05) is 26.2 Å². The Labute approximate surface area is 89.5 Å². The van der Waals surface area contributed by atoms with E-state index in [1.54, 1.807) is 0 Å². The Kier molecular flexibility index (Phi) is 5.08. The van der Waals surface area contributed by atoms with Gasteiger partial charge in [-0.3, -0.25) is 0 Å². The third-order valence-electron chi connectivity index (χ3n) is 2.22. The summed E-state index contributed by atoms with van der Waals surface area (Å²) in [5, 5.41) is 3.01. The molecule has 15 heavy (non-hydrogen) atoms. The van der Waals surface area contributed by atoms with Crippen molar-refractivity contribution in [1.82, 2.24) is 0 Å². The molecule has 0 aliphatic rings. The molecule has 0 spiro atoms. The molecule has 3 heteroatoms. The maximum Gasteiger partial charge on any atom is 0.128 e. The van der Waals surface area contributed by atoms with Crippen molar-refractivity contribution in [1.29, 1.82) is 0 Å². The lowest BCUT2D eigenvalue weighted by Gasteiger charge is -2.06. The molecular formula is C12H17F2N. The highest BCUT2D eigenvalue weighted by molar-refractivity contribution is 5.43. The van der Waals surface area contributed by atoms with Crippen LogP contribution in [0.5, 0.6) is 0 Å². The van der Waals surface area contributed by atoms with Gasteiger partial charge in [0.1, 0.15) is 11.6 Å². The van der Waals surface area contributed by atoms with E-state index in [9.17, 15) is 8.78 Å². The molecule has 1 aromatic carbocycles. The summed E-state index contributed by atoms with van der Waals surface area (Å²) in [6.07, 6.45) is 4.58.